The summed E-state index contributed by atoms with van der Waals surface area (Å²) in [4.78, 5) is 40.5. The van der Waals surface area contributed by atoms with Crippen molar-refractivity contribution < 1.29 is 19.1 Å². The van der Waals surface area contributed by atoms with Crippen LogP contribution in [0.4, 0.5) is 0 Å². The molecule has 24 heavy (non-hydrogen) atoms. The molecule has 0 radical (unpaired) electrons. The molecular formula is C18H18N2O4. The monoisotopic (exact) mass is 326 g/mol. The van der Waals surface area contributed by atoms with Crippen molar-refractivity contribution in [1.82, 2.24) is 9.80 Å². The maximum Gasteiger partial charge on any atom is 0.261 e. The number of ether oxygens (including phenoxy) is 1. The van der Waals surface area contributed by atoms with Crippen molar-refractivity contribution in [2.24, 2.45) is 11.3 Å². The van der Waals surface area contributed by atoms with Crippen molar-refractivity contribution in [3.05, 3.63) is 35.4 Å². The van der Waals surface area contributed by atoms with Crippen LogP contribution in [0.2, 0.25) is 0 Å². The van der Waals surface area contributed by atoms with Crippen molar-refractivity contribution in [3.63, 3.8) is 0 Å². The lowest BCUT2D eigenvalue weighted by Crippen LogP contribution is -2.51. The predicted molar refractivity (Wildman–Crippen MR) is 83.3 cm³/mol. The minimum absolute atomic E-state index is 0.0442. The number of carbonyl (C=O) groups excluding carboxylic acids is 3. The number of rotatable bonds is 3. The summed E-state index contributed by atoms with van der Waals surface area (Å²) in [6.07, 6.45) is 1.76. The minimum atomic E-state index is -0.308. The molecule has 2 aliphatic heterocycles. The zero-order chi connectivity index (χ0) is 16.5. The van der Waals surface area contributed by atoms with E-state index in [0.29, 0.717) is 36.7 Å². The molecule has 0 spiro atoms. The summed E-state index contributed by atoms with van der Waals surface area (Å²) in [6.45, 7) is 1.72. The molecule has 3 amide bonds. The Bertz CT molecular complexity index is 733. The van der Waals surface area contributed by atoms with Gasteiger partial charge in [-0.1, -0.05) is 12.1 Å². The van der Waals surface area contributed by atoms with Gasteiger partial charge in [-0.05, 0) is 30.9 Å². The molecule has 0 bridgehead atoms. The number of hydrogen-bond donors (Lipinski definition) is 0. The Labute approximate surface area is 139 Å². The van der Waals surface area contributed by atoms with E-state index < -0.39 is 0 Å². The first-order valence-electron chi connectivity index (χ1n) is 8.46. The second kappa shape index (κ2) is 4.66. The second-order valence-corrected chi connectivity index (χ2v) is 7.27. The zero-order valence-corrected chi connectivity index (χ0v) is 13.2. The van der Waals surface area contributed by atoms with E-state index in [1.165, 1.54) is 4.90 Å². The molecule has 5 rings (SSSR count). The molecule has 2 heterocycles. The number of benzene rings is 1. The van der Waals surface area contributed by atoms with Crippen LogP contribution in [0.1, 0.15) is 33.6 Å². The van der Waals surface area contributed by atoms with Crippen LogP contribution in [-0.2, 0) is 9.53 Å². The highest BCUT2D eigenvalue weighted by atomic mass is 16.5. The minimum Gasteiger partial charge on any atom is -0.373 e. The SMILES string of the molecule is O=C1c2ccccc2C(=O)N1CC1CN(C(=O)C23CC2C3)CCO1. The van der Waals surface area contributed by atoms with Crippen LogP contribution in [0.15, 0.2) is 24.3 Å². The van der Waals surface area contributed by atoms with E-state index >= 15 is 0 Å². The molecule has 4 aliphatic rings. The maximum absolute atomic E-state index is 12.5. The van der Waals surface area contributed by atoms with E-state index in [2.05, 4.69) is 0 Å². The molecule has 1 unspecified atom stereocenters. The molecule has 2 saturated carbocycles. The standard InChI is InChI=1S/C18H18N2O4/c21-15-13-3-1-2-4-14(13)16(22)20(15)10-12-9-19(5-6-24-12)17(23)18-7-11(18)8-18/h1-4,11-12H,5-10H2. The lowest BCUT2D eigenvalue weighted by Gasteiger charge is -2.35. The molecule has 0 N–H and O–H groups in total. The van der Waals surface area contributed by atoms with E-state index in [0.717, 1.165) is 12.8 Å². The predicted octanol–water partition coefficient (Wildman–Crippen LogP) is 0.920. The van der Waals surface area contributed by atoms with Crippen LogP contribution in [0.5, 0.6) is 0 Å². The number of imide groups is 1. The number of morpholine rings is 1. The summed E-state index contributed by atoms with van der Waals surface area (Å²) in [5.74, 6) is 0.307. The van der Waals surface area contributed by atoms with Crippen LogP contribution in [0.3, 0.4) is 0 Å². The molecular weight excluding hydrogens is 308 g/mol. The van der Waals surface area contributed by atoms with E-state index in [-0.39, 0.29) is 35.8 Å². The van der Waals surface area contributed by atoms with Crippen molar-refractivity contribution in [1.29, 1.82) is 0 Å². The highest BCUT2D eigenvalue weighted by Gasteiger charge is 2.75. The quantitative estimate of drug-likeness (QED) is 0.775. The van der Waals surface area contributed by atoms with Crippen molar-refractivity contribution in [2.75, 3.05) is 26.2 Å². The third-order valence-electron chi connectivity index (χ3n) is 5.80. The summed E-state index contributed by atoms with van der Waals surface area (Å²) in [7, 11) is 0. The molecule has 6 heteroatoms. The first kappa shape index (κ1) is 14.2. The summed E-state index contributed by atoms with van der Waals surface area (Å²) in [5.41, 5.74) is 0.852. The van der Waals surface area contributed by atoms with Crippen molar-refractivity contribution in [3.8, 4) is 0 Å². The van der Waals surface area contributed by atoms with Gasteiger partial charge in [-0.3, -0.25) is 19.3 Å². The van der Waals surface area contributed by atoms with Crippen LogP contribution in [0.25, 0.3) is 0 Å². The van der Waals surface area contributed by atoms with Crippen LogP contribution >= 0.6 is 0 Å². The fraction of sp³-hybridized carbons (Fsp3) is 0.500. The average Bonchev–Trinajstić information content (AvgIpc) is 3.46. The van der Waals surface area contributed by atoms with Gasteiger partial charge in [0, 0.05) is 13.1 Å². The number of hydrogen-bond acceptors (Lipinski definition) is 4. The molecule has 124 valence electrons. The van der Waals surface area contributed by atoms with Gasteiger partial charge in [0.2, 0.25) is 5.91 Å². The van der Waals surface area contributed by atoms with Crippen LogP contribution < -0.4 is 0 Å². The van der Waals surface area contributed by atoms with Gasteiger partial charge in [0.15, 0.2) is 0 Å². The summed E-state index contributed by atoms with van der Waals surface area (Å²) in [6, 6.07) is 6.86. The fourth-order valence-electron chi connectivity index (χ4n) is 3.99. The topological polar surface area (TPSA) is 66.9 Å². The van der Waals surface area contributed by atoms with E-state index in [4.69, 9.17) is 4.74 Å². The highest BCUT2D eigenvalue weighted by molar-refractivity contribution is 6.21. The van der Waals surface area contributed by atoms with Crippen LogP contribution in [0, 0.1) is 11.3 Å². The third kappa shape index (κ3) is 1.89. The Morgan fingerprint density at radius 1 is 1.17 bits per heavy atom. The van der Waals surface area contributed by atoms with Gasteiger partial charge >= 0.3 is 0 Å². The van der Waals surface area contributed by atoms with Gasteiger partial charge in [0.05, 0.1) is 35.8 Å². The Balaban J connectivity index is 1.29. The smallest absolute Gasteiger partial charge is 0.261 e. The number of fused-ring (bicyclic) bond motifs is 2. The van der Waals surface area contributed by atoms with Gasteiger partial charge in [0.1, 0.15) is 0 Å². The zero-order valence-electron chi connectivity index (χ0n) is 13.2. The van der Waals surface area contributed by atoms with Crippen molar-refractivity contribution in [2.45, 2.75) is 18.9 Å². The third-order valence-corrected chi connectivity index (χ3v) is 5.80. The lowest BCUT2D eigenvalue weighted by atomic mass is 10.1. The number of carbonyl (C=O) groups is 3. The first-order valence-corrected chi connectivity index (χ1v) is 8.46. The van der Waals surface area contributed by atoms with E-state index in [9.17, 15) is 14.4 Å². The Morgan fingerprint density at radius 2 is 1.79 bits per heavy atom. The molecule has 3 fully saturated rings. The Morgan fingerprint density at radius 3 is 2.38 bits per heavy atom. The second-order valence-electron chi connectivity index (χ2n) is 7.27. The van der Waals surface area contributed by atoms with Gasteiger partial charge in [-0.25, -0.2) is 0 Å². The largest absolute Gasteiger partial charge is 0.373 e. The van der Waals surface area contributed by atoms with E-state index in [1.807, 2.05) is 4.90 Å². The van der Waals surface area contributed by atoms with Crippen LogP contribution in [-0.4, -0.2) is 59.9 Å². The molecule has 0 aromatic heterocycles. The molecule has 1 atom stereocenters. The maximum atomic E-state index is 12.5. The number of amides is 3. The summed E-state index contributed by atoms with van der Waals surface area (Å²) < 4.78 is 5.72. The van der Waals surface area contributed by atoms with Crippen molar-refractivity contribution >= 4 is 17.7 Å². The first-order chi connectivity index (χ1) is 11.6. The highest BCUT2D eigenvalue weighted by Crippen LogP contribution is 2.76. The normalized spacial score (nSPS) is 33.3. The number of nitrogens with zero attached hydrogens (tertiary/aromatic N) is 2. The van der Waals surface area contributed by atoms with Gasteiger partial charge < -0.3 is 9.64 Å². The summed E-state index contributed by atoms with van der Waals surface area (Å²) in [5, 5.41) is 0. The van der Waals surface area contributed by atoms with Gasteiger partial charge in [-0.2, -0.15) is 0 Å². The summed E-state index contributed by atoms with van der Waals surface area (Å²) >= 11 is 0. The molecule has 1 saturated heterocycles. The molecule has 6 nitrogen and oxygen atoms in total. The van der Waals surface area contributed by atoms with Gasteiger partial charge in [-0.15, -0.1) is 0 Å². The Hall–Kier alpha value is -2.21. The van der Waals surface area contributed by atoms with E-state index in [1.54, 1.807) is 24.3 Å². The fourth-order valence-corrected chi connectivity index (χ4v) is 3.99. The molecule has 2 aliphatic carbocycles. The van der Waals surface area contributed by atoms with Gasteiger partial charge in [0.25, 0.3) is 11.8 Å². The molecule has 1 aromatic carbocycles. The Kier molecular flexibility index (Phi) is 2.75. The lowest BCUT2D eigenvalue weighted by molar-refractivity contribution is -0.142. The average molecular weight is 326 g/mol. The molecule has 1 aromatic rings.